The van der Waals surface area contributed by atoms with Gasteiger partial charge in [-0.3, -0.25) is 0 Å². The molecule has 1 aliphatic carbocycles. The summed E-state index contributed by atoms with van der Waals surface area (Å²) in [5.41, 5.74) is 1.19. The van der Waals surface area contributed by atoms with E-state index in [1.165, 1.54) is 18.4 Å². The molecule has 15 heavy (non-hydrogen) atoms. The summed E-state index contributed by atoms with van der Waals surface area (Å²) in [6.07, 6.45) is 3.64. The van der Waals surface area contributed by atoms with Crippen molar-refractivity contribution in [2.24, 2.45) is 0 Å². The van der Waals surface area contributed by atoms with E-state index < -0.39 is 0 Å². The maximum atomic E-state index is 6.13. The van der Waals surface area contributed by atoms with Crippen LogP contribution in [0, 0.1) is 0 Å². The predicted molar refractivity (Wildman–Crippen MR) is 62.7 cm³/mol. The first-order chi connectivity index (χ1) is 7.29. The van der Waals surface area contributed by atoms with Gasteiger partial charge in [-0.1, -0.05) is 17.7 Å². The molecule has 1 N–H and O–H groups in total. The summed E-state index contributed by atoms with van der Waals surface area (Å²) in [5, 5.41) is 4.27. The molecule has 0 aromatic heterocycles. The summed E-state index contributed by atoms with van der Waals surface area (Å²) in [7, 11) is 1.65. The highest BCUT2D eigenvalue weighted by atomic mass is 35.5. The maximum Gasteiger partial charge on any atom is 0.120 e. The van der Waals surface area contributed by atoms with Crippen LogP contribution in [0.5, 0.6) is 5.75 Å². The van der Waals surface area contributed by atoms with E-state index >= 15 is 0 Å². The monoisotopic (exact) mass is 225 g/mol. The van der Waals surface area contributed by atoms with Crippen molar-refractivity contribution < 1.29 is 4.74 Å². The molecule has 0 unspecified atom stereocenters. The molecule has 0 amide bonds. The Balaban J connectivity index is 1.88. The van der Waals surface area contributed by atoms with Gasteiger partial charge in [-0.15, -0.1) is 0 Å². The second-order valence-electron chi connectivity index (χ2n) is 3.94. The van der Waals surface area contributed by atoms with Crippen molar-refractivity contribution in [1.29, 1.82) is 0 Å². The van der Waals surface area contributed by atoms with Gasteiger partial charge in [-0.05, 0) is 43.5 Å². The lowest BCUT2D eigenvalue weighted by molar-refractivity contribution is 0.414. The molecule has 1 aromatic rings. The summed E-state index contributed by atoms with van der Waals surface area (Å²) in [6, 6.07) is 6.63. The third-order valence-electron chi connectivity index (χ3n) is 2.66. The third kappa shape index (κ3) is 3.11. The molecular formula is C12H16ClNO. The zero-order valence-corrected chi connectivity index (χ0v) is 9.68. The Hall–Kier alpha value is -0.730. The highest BCUT2D eigenvalue weighted by molar-refractivity contribution is 6.31. The fourth-order valence-corrected chi connectivity index (χ4v) is 1.82. The van der Waals surface area contributed by atoms with Crippen LogP contribution in [0.1, 0.15) is 18.4 Å². The Morgan fingerprint density at radius 2 is 2.27 bits per heavy atom. The summed E-state index contributed by atoms with van der Waals surface area (Å²) >= 11 is 6.13. The molecule has 0 spiro atoms. The van der Waals surface area contributed by atoms with Gasteiger partial charge in [0, 0.05) is 11.1 Å². The molecule has 1 aliphatic rings. The van der Waals surface area contributed by atoms with Crippen molar-refractivity contribution in [2.75, 3.05) is 13.7 Å². The van der Waals surface area contributed by atoms with E-state index in [1.807, 2.05) is 18.2 Å². The lowest BCUT2D eigenvalue weighted by atomic mass is 10.1. The smallest absolute Gasteiger partial charge is 0.120 e. The highest BCUT2D eigenvalue weighted by Crippen LogP contribution is 2.23. The molecule has 0 bridgehead atoms. The fourth-order valence-electron chi connectivity index (χ4n) is 1.56. The van der Waals surface area contributed by atoms with E-state index in [4.69, 9.17) is 16.3 Å². The summed E-state index contributed by atoms with van der Waals surface area (Å²) < 4.78 is 5.10. The van der Waals surface area contributed by atoms with Gasteiger partial charge in [0.05, 0.1) is 7.11 Å². The molecule has 1 fully saturated rings. The highest BCUT2D eigenvalue weighted by Gasteiger charge is 2.19. The number of methoxy groups -OCH3 is 1. The van der Waals surface area contributed by atoms with Crippen LogP contribution in [0.4, 0.5) is 0 Å². The molecule has 2 rings (SSSR count). The Bertz CT molecular complexity index is 336. The topological polar surface area (TPSA) is 21.3 Å². The lowest BCUT2D eigenvalue weighted by Crippen LogP contribution is -2.19. The molecule has 2 nitrogen and oxygen atoms in total. The predicted octanol–water partition coefficient (Wildman–Crippen LogP) is 2.64. The number of ether oxygens (including phenoxy) is 1. The Morgan fingerprint density at radius 3 is 2.87 bits per heavy atom. The third-order valence-corrected chi connectivity index (χ3v) is 3.02. The minimum atomic E-state index is 0.766. The number of nitrogens with one attached hydrogen (secondary N) is 1. The Kier molecular flexibility index (Phi) is 3.49. The van der Waals surface area contributed by atoms with Gasteiger partial charge in [0.1, 0.15) is 5.75 Å². The average Bonchev–Trinajstić information content (AvgIpc) is 3.04. The van der Waals surface area contributed by atoms with Gasteiger partial charge < -0.3 is 10.1 Å². The molecule has 1 aromatic carbocycles. The number of benzene rings is 1. The first-order valence-corrected chi connectivity index (χ1v) is 5.73. The van der Waals surface area contributed by atoms with Gasteiger partial charge >= 0.3 is 0 Å². The normalized spacial score (nSPS) is 15.3. The standard InChI is InChI=1S/C12H16ClNO/c1-15-11-5-2-9(12(13)8-11)6-7-14-10-3-4-10/h2,5,8,10,14H,3-4,6-7H2,1H3. The number of rotatable bonds is 5. The number of halogens is 1. The number of hydrogen-bond acceptors (Lipinski definition) is 2. The molecule has 0 aliphatic heterocycles. The van der Waals surface area contributed by atoms with E-state index in [2.05, 4.69) is 5.32 Å². The van der Waals surface area contributed by atoms with Crippen LogP contribution in [0.15, 0.2) is 18.2 Å². The molecular weight excluding hydrogens is 210 g/mol. The van der Waals surface area contributed by atoms with Gasteiger partial charge in [-0.2, -0.15) is 0 Å². The van der Waals surface area contributed by atoms with Crippen LogP contribution in [0.2, 0.25) is 5.02 Å². The van der Waals surface area contributed by atoms with Crippen LogP contribution >= 0.6 is 11.6 Å². The van der Waals surface area contributed by atoms with Crippen LogP contribution in [-0.4, -0.2) is 19.7 Å². The quantitative estimate of drug-likeness (QED) is 0.832. The van der Waals surface area contributed by atoms with Gasteiger partial charge in [0.25, 0.3) is 0 Å². The van der Waals surface area contributed by atoms with Crippen LogP contribution in [-0.2, 0) is 6.42 Å². The minimum Gasteiger partial charge on any atom is -0.497 e. The van der Waals surface area contributed by atoms with Gasteiger partial charge in [-0.25, -0.2) is 0 Å². The Labute approximate surface area is 95.6 Å². The van der Waals surface area contributed by atoms with E-state index in [0.29, 0.717) is 0 Å². The van der Waals surface area contributed by atoms with Gasteiger partial charge in [0.2, 0.25) is 0 Å². The summed E-state index contributed by atoms with van der Waals surface area (Å²) in [5.74, 6) is 0.818. The molecule has 82 valence electrons. The summed E-state index contributed by atoms with van der Waals surface area (Å²) in [6.45, 7) is 1.01. The van der Waals surface area contributed by atoms with E-state index in [1.54, 1.807) is 7.11 Å². The van der Waals surface area contributed by atoms with Crippen molar-refractivity contribution in [2.45, 2.75) is 25.3 Å². The maximum absolute atomic E-state index is 6.13. The second-order valence-corrected chi connectivity index (χ2v) is 4.34. The zero-order chi connectivity index (χ0) is 10.7. The average molecular weight is 226 g/mol. The van der Waals surface area contributed by atoms with E-state index in [-0.39, 0.29) is 0 Å². The van der Waals surface area contributed by atoms with Crippen LogP contribution < -0.4 is 10.1 Å². The van der Waals surface area contributed by atoms with Crippen LogP contribution in [0.25, 0.3) is 0 Å². The van der Waals surface area contributed by atoms with Crippen molar-refractivity contribution in [1.82, 2.24) is 5.32 Å². The van der Waals surface area contributed by atoms with Crippen molar-refractivity contribution in [3.63, 3.8) is 0 Å². The zero-order valence-electron chi connectivity index (χ0n) is 8.92. The van der Waals surface area contributed by atoms with Crippen LogP contribution in [0.3, 0.4) is 0 Å². The van der Waals surface area contributed by atoms with E-state index in [0.717, 1.165) is 29.8 Å². The van der Waals surface area contributed by atoms with Crippen molar-refractivity contribution in [3.05, 3.63) is 28.8 Å². The van der Waals surface area contributed by atoms with E-state index in [9.17, 15) is 0 Å². The minimum absolute atomic E-state index is 0.766. The molecule has 1 saturated carbocycles. The van der Waals surface area contributed by atoms with Crippen molar-refractivity contribution in [3.8, 4) is 5.75 Å². The molecule has 0 radical (unpaired) electrons. The second kappa shape index (κ2) is 4.86. The molecule has 0 atom stereocenters. The molecule has 0 heterocycles. The van der Waals surface area contributed by atoms with Gasteiger partial charge in [0.15, 0.2) is 0 Å². The SMILES string of the molecule is COc1ccc(CCNC2CC2)c(Cl)c1. The largest absolute Gasteiger partial charge is 0.497 e. The molecule has 0 saturated heterocycles. The number of hydrogen-bond donors (Lipinski definition) is 1. The first kappa shape index (κ1) is 10.8. The summed E-state index contributed by atoms with van der Waals surface area (Å²) in [4.78, 5) is 0. The molecule has 3 heteroatoms. The van der Waals surface area contributed by atoms with Crippen molar-refractivity contribution >= 4 is 11.6 Å². The first-order valence-electron chi connectivity index (χ1n) is 5.35. The lowest BCUT2D eigenvalue weighted by Gasteiger charge is -2.07. The Morgan fingerprint density at radius 1 is 1.47 bits per heavy atom. The fraction of sp³-hybridized carbons (Fsp3) is 0.500.